The molecule has 2 aromatic carbocycles. The van der Waals surface area contributed by atoms with Gasteiger partial charge >= 0.3 is 23.9 Å². The molecule has 0 saturated carbocycles. The van der Waals surface area contributed by atoms with Crippen molar-refractivity contribution < 1.29 is 52.4 Å². The summed E-state index contributed by atoms with van der Waals surface area (Å²) in [5.74, 6) is -5.22. The van der Waals surface area contributed by atoms with Gasteiger partial charge in [0.05, 0.1) is 24.5 Å². The molecule has 0 unspecified atom stereocenters. The van der Waals surface area contributed by atoms with Crippen molar-refractivity contribution >= 4 is 29.8 Å². The smallest absolute Gasteiger partial charge is 0.332 e. The van der Waals surface area contributed by atoms with E-state index in [-0.39, 0.29) is 29.4 Å². The number of carbonyl (C=O) groups excluding carboxylic acids is 5. The molecule has 1 saturated heterocycles. The van der Waals surface area contributed by atoms with Gasteiger partial charge in [0, 0.05) is 0 Å². The molecule has 0 radical (unpaired) electrons. The number of rotatable bonds is 11. The lowest BCUT2D eigenvalue weighted by molar-refractivity contribution is -0.176. The molecule has 44 heavy (non-hydrogen) atoms. The van der Waals surface area contributed by atoms with Crippen LogP contribution in [0.3, 0.4) is 0 Å². The first-order chi connectivity index (χ1) is 20.9. The monoisotopic (exact) mass is 613 g/mol. The lowest BCUT2D eigenvalue weighted by Crippen LogP contribution is -2.46. The number of cyclic esters (lactones) is 2. The Morgan fingerprint density at radius 2 is 1.61 bits per heavy atom. The van der Waals surface area contributed by atoms with Crippen LogP contribution in [0.2, 0.25) is 0 Å². The van der Waals surface area contributed by atoms with E-state index in [4.69, 9.17) is 28.4 Å². The second-order valence-electron chi connectivity index (χ2n) is 10.9. The Balaban J connectivity index is 1.85. The van der Waals surface area contributed by atoms with Gasteiger partial charge in [0.2, 0.25) is 6.79 Å². The Morgan fingerprint density at radius 3 is 2.25 bits per heavy atom. The zero-order chi connectivity index (χ0) is 32.4. The molecule has 1 heterocycles. The average molecular weight is 614 g/mol. The zero-order valence-corrected chi connectivity index (χ0v) is 25.7. The lowest BCUT2D eigenvalue weighted by Gasteiger charge is -2.29. The van der Waals surface area contributed by atoms with Gasteiger partial charge in [-0.2, -0.15) is 0 Å². The summed E-state index contributed by atoms with van der Waals surface area (Å²) in [6.07, 6.45) is -2.06. The van der Waals surface area contributed by atoms with Crippen LogP contribution >= 0.6 is 0 Å². The van der Waals surface area contributed by atoms with E-state index in [1.165, 1.54) is 26.2 Å². The number of ether oxygens (including phenoxy) is 6. The van der Waals surface area contributed by atoms with Gasteiger partial charge in [0.15, 0.2) is 23.6 Å². The highest BCUT2D eigenvalue weighted by Gasteiger charge is 2.42. The van der Waals surface area contributed by atoms with E-state index in [0.717, 1.165) is 5.56 Å². The predicted octanol–water partition coefficient (Wildman–Crippen LogP) is 3.24. The molecule has 0 aromatic heterocycles. The van der Waals surface area contributed by atoms with Crippen LogP contribution in [0.1, 0.15) is 50.5 Å². The number of esters is 4. The molecule has 0 spiro atoms. The molecular weight excluding hydrogens is 574 g/mol. The van der Waals surface area contributed by atoms with Gasteiger partial charge < -0.3 is 33.7 Å². The molecule has 1 amide bonds. The molecule has 3 rings (SSSR count). The van der Waals surface area contributed by atoms with Crippen LogP contribution in [0.15, 0.2) is 48.5 Å². The fourth-order valence-corrected chi connectivity index (χ4v) is 4.30. The van der Waals surface area contributed by atoms with E-state index < -0.39 is 73.3 Å². The Morgan fingerprint density at radius 1 is 0.932 bits per heavy atom. The van der Waals surface area contributed by atoms with E-state index in [1.54, 1.807) is 33.8 Å². The molecule has 0 aliphatic carbocycles. The maximum Gasteiger partial charge on any atom is 0.332 e. The molecule has 238 valence electrons. The van der Waals surface area contributed by atoms with Gasteiger partial charge in [0.25, 0.3) is 5.91 Å². The van der Waals surface area contributed by atoms with Crippen LogP contribution in [0.4, 0.5) is 0 Å². The number of carbonyl (C=O) groups is 5. The number of methoxy groups -OCH3 is 1. The van der Waals surface area contributed by atoms with Crippen LogP contribution in [0.5, 0.6) is 11.5 Å². The Labute approximate surface area is 256 Å². The first kappa shape index (κ1) is 33.9. The first-order valence-electron chi connectivity index (χ1n) is 14.3. The largest absolute Gasteiger partial charge is 0.493 e. The molecule has 12 nitrogen and oxygen atoms in total. The van der Waals surface area contributed by atoms with E-state index in [9.17, 15) is 24.0 Å². The van der Waals surface area contributed by atoms with Crippen molar-refractivity contribution in [2.24, 2.45) is 17.8 Å². The van der Waals surface area contributed by atoms with Gasteiger partial charge in [-0.25, -0.2) is 4.79 Å². The quantitative estimate of drug-likeness (QED) is 0.226. The van der Waals surface area contributed by atoms with Crippen molar-refractivity contribution in [1.82, 2.24) is 5.32 Å². The third kappa shape index (κ3) is 8.95. The summed E-state index contributed by atoms with van der Waals surface area (Å²) in [5.41, 5.74) is 0.745. The van der Waals surface area contributed by atoms with Crippen LogP contribution in [0.25, 0.3) is 0 Å². The highest BCUT2D eigenvalue weighted by Crippen LogP contribution is 2.31. The minimum atomic E-state index is -1.41. The number of amides is 1. The summed E-state index contributed by atoms with van der Waals surface area (Å²) in [6.45, 7) is 7.10. The Bertz CT molecular complexity index is 1320. The number of benzene rings is 2. The second-order valence-corrected chi connectivity index (χ2v) is 10.9. The summed E-state index contributed by atoms with van der Waals surface area (Å²) >= 11 is 0. The third-order valence-corrected chi connectivity index (χ3v) is 6.79. The zero-order valence-electron chi connectivity index (χ0n) is 25.7. The lowest BCUT2D eigenvalue weighted by atomic mass is 9.91. The molecule has 12 heteroatoms. The standard InChI is InChI=1S/C32H39NO11/c1-18(2)29(35)42-17-41-27-22(13-10-14-25(27)39-6)28(34)33-24-16-40-31(37)23(15-21-11-8-7-9-12-21)26(20(5)43-32(24)38)44-30(36)19(3)4/h7-14,18-20,23-24,26H,15-17H2,1-6H3,(H,33,34)/t20-,23+,24-,26-/m0/s1. The normalized spacial score (nSPS) is 20.4. The maximum atomic E-state index is 13.4. The number of para-hydroxylation sites is 1. The Hall–Kier alpha value is -4.61. The third-order valence-electron chi connectivity index (χ3n) is 6.79. The summed E-state index contributed by atoms with van der Waals surface area (Å²) in [5, 5.41) is 2.53. The van der Waals surface area contributed by atoms with E-state index in [2.05, 4.69) is 5.32 Å². The fourth-order valence-electron chi connectivity index (χ4n) is 4.30. The van der Waals surface area contributed by atoms with Crippen LogP contribution < -0.4 is 14.8 Å². The molecular formula is C32H39NO11. The molecule has 1 aliphatic heterocycles. The molecule has 1 fully saturated rings. The van der Waals surface area contributed by atoms with Crippen molar-refractivity contribution in [3.8, 4) is 11.5 Å². The van der Waals surface area contributed by atoms with Crippen molar-refractivity contribution in [1.29, 1.82) is 0 Å². The van der Waals surface area contributed by atoms with E-state index in [1.807, 2.05) is 30.3 Å². The van der Waals surface area contributed by atoms with Gasteiger partial charge in [0.1, 0.15) is 18.6 Å². The molecule has 4 atom stereocenters. The van der Waals surface area contributed by atoms with E-state index in [0.29, 0.717) is 0 Å². The van der Waals surface area contributed by atoms with Crippen LogP contribution in [-0.4, -0.2) is 68.5 Å². The van der Waals surface area contributed by atoms with Crippen LogP contribution in [-0.2, 0) is 44.5 Å². The highest BCUT2D eigenvalue weighted by molar-refractivity contribution is 6.00. The number of hydrogen-bond donors (Lipinski definition) is 1. The van der Waals surface area contributed by atoms with Crippen molar-refractivity contribution in [2.45, 2.75) is 59.3 Å². The Kier molecular flexibility index (Phi) is 12.1. The van der Waals surface area contributed by atoms with Gasteiger partial charge in [-0.1, -0.05) is 64.1 Å². The fraction of sp³-hybridized carbons (Fsp3) is 0.469. The molecule has 1 N–H and O–H groups in total. The van der Waals surface area contributed by atoms with Gasteiger partial charge in [-0.15, -0.1) is 0 Å². The SMILES string of the molecule is COc1cccc(C(=O)N[C@H]2COC(=O)[C@H](Cc3ccccc3)[C@@H](OC(=O)C(C)C)[C@H](C)OC2=O)c1OCOC(=O)C(C)C. The summed E-state index contributed by atoms with van der Waals surface area (Å²) < 4.78 is 32.8. The van der Waals surface area contributed by atoms with Crippen molar-refractivity contribution in [3.63, 3.8) is 0 Å². The van der Waals surface area contributed by atoms with Gasteiger partial charge in [-0.3, -0.25) is 19.2 Å². The number of nitrogens with one attached hydrogen (secondary N) is 1. The van der Waals surface area contributed by atoms with Gasteiger partial charge in [-0.05, 0) is 31.0 Å². The minimum Gasteiger partial charge on any atom is -0.493 e. The highest BCUT2D eigenvalue weighted by atomic mass is 16.7. The first-order valence-corrected chi connectivity index (χ1v) is 14.3. The summed E-state index contributed by atoms with van der Waals surface area (Å²) in [4.78, 5) is 64.6. The van der Waals surface area contributed by atoms with Crippen molar-refractivity contribution in [2.75, 3.05) is 20.5 Å². The molecule has 0 bridgehead atoms. The maximum absolute atomic E-state index is 13.4. The van der Waals surface area contributed by atoms with Crippen molar-refractivity contribution in [3.05, 3.63) is 59.7 Å². The second kappa shape index (κ2) is 15.7. The van der Waals surface area contributed by atoms with Crippen LogP contribution in [0, 0.1) is 17.8 Å². The average Bonchev–Trinajstić information content (AvgIpc) is 3.03. The molecule has 2 aromatic rings. The van der Waals surface area contributed by atoms with E-state index >= 15 is 0 Å². The summed E-state index contributed by atoms with van der Waals surface area (Å²) in [6, 6.07) is 12.2. The summed E-state index contributed by atoms with van der Waals surface area (Å²) in [7, 11) is 1.37. The number of hydrogen-bond acceptors (Lipinski definition) is 11. The molecule has 1 aliphatic rings. The topological polar surface area (TPSA) is 153 Å². The minimum absolute atomic E-state index is 0.0329. The predicted molar refractivity (Wildman–Crippen MR) is 156 cm³/mol.